The van der Waals surface area contributed by atoms with E-state index in [9.17, 15) is 0 Å². The van der Waals surface area contributed by atoms with Gasteiger partial charge >= 0.3 is 0 Å². The summed E-state index contributed by atoms with van der Waals surface area (Å²) in [6, 6.07) is 14.7. The van der Waals surface area contributed by atoms with Crippen molar-refractivity contribution in [2.75, 3.05) is 19.0 Å². The van der Waals surface area contributed by atoms with E-state index in [1.807, 2.05) is 12.1 Å². The number of benzene rings is 2. The molecule has 0 radical (unpaired) electrons. The summed E-state index contributed by atoms with van der Waals surface area (Å²) in [5.41, 5.74) is 7.28. The lowest BCUT2D eigenvalue weighted by molar-refractivity contribution is 0.410. The smallest absolute Gasteiger partial charge is 0.133 e. The van der Waals surface area contributed by atoms with Crippen molar-refractivity contribution in [3.8, 4) is 11.4 Å². The fourth-order valence-corrected chi connectivity index (χ4v) is 3.63. The zero-order valence-corrected chi connectivity index (χ0v) is 15.0. The van der Waals surface area contributed by atoms with Crippen LogP contribution in [0.25, 0.3) is 5.69 Å². The number of rotatable bonds is 4. The van der Waals surface area contributed by atoms with Crippen LogP contribution in [0, 0.1) is 13.8 Å². The van der Waals surface area contributed by atoms with Gasteiger partial charge in [0, 0.05) is 24.1 Å². The number of hydrogen-bond acceptors (Lipinski definition) is 3. The molecular formula is C21H23N3O. The molecule has 0 unspecified atom stereocenters. The van der Waals surface area contributed by atoms with Gasteiger partial charge < -0.3 is 10.1 Å². The van der Waals surface area contributed by atoms with Gasteiger partial charge in [-0.05, 0) is 38.0 Å². The number of nitrogens with zero attached hydrogens (tertiary/aromatic N) is 2. The van der Waals surface area contributed by atoms with Crippen LogP contribution in [0.3, 0.4) is 0 Å². The highest BCUT2D eigenvalue weighted by molar-refractivity contribution is 5.59. The van der Waals surface area contributed by atoms with E-state index in [0.29, 0.717) is 0 Å². The molecule has 25 heavy (non-hydrogen) atoms. The highest BCUT2D eigenvalue weighted by atomic mass is 16.5. The Bertz CT molecular complexity index is 927. The van der Waals surface area contributed by atoms with E-state index in [0.717, 1.165) is 42.3 Å². The van der Waals surface area contributed by atoms with Gasteiger partial charge in [-0.15, -0.1) is 0 Å². The Hall–Kier alpha value is -2.75. The van der Waals surface area contributed by atoms with Gasteiger partial charge in [0.25, 0.3) is 0 Å². The number of aryl methyl sites for hydroxylation is 2. The number of methoxy groups -OCH3 is 1. The van der Waals surface area contributed by atoms with Gasteiger partial charge in [-0.25, -0.2) is 4.68 Å². The third kappa shape index (κ3) is 2.78. The van der Waals surface area contributed by atoms with Crippen molar-refractivity contribution in [3.63, 3.8) is 0 Å². The number of nitrogens with one attached hydrogen (secondary N) is 1. The van der Waals surface area contributed by atoms with Gasteiger partial charge in [0.1, 0.15) is 11.6 Å². The van der Waals surface area contributed by atoms with E-state index in [4.69, 9.17) is 9.84 Å². The van der Waals surface area contributed by atoms with Crippen molar-refractivity contribution in [1.82, 2.24) is 9.78 Å². The summed E-state index contributed by atoms with van der Waals surface area (Å²) >= 11 is 0. The minimum Gasteiger partial charge on any atom is -0.496 e. The van der Waals surface area contributed by atoms with Gasteiger partial charge in [0.15, 0.2) is 0 Å². The molecule has 4 heteroatoms. The van der Waals surface area contributed by atoms with E-state index < -0.39 is 0 Å². The van der Waals surface area contributed by atoms with E-state index in [1.54, 1.807) is 7.11 Å². The third-order valence-corrected chi connectivity index (χ3v) is 4.87. The topological polar surface area (TPSA) is 39.1 Å². The first-order chi connectivity index (χ1) is 12.2. The fourth-order valence-electron chi connectivity index (χ4n) is 3.63. The molecule has 0 saturated heterocycles. The van der Waals surface area contributed by atoms with Crippen LogP contribution in [0.4, 0.5) is 5.82 Å². The van der Waals surface area contributed by atoms with E-state index in [-0.39, 0.29) is 0 Å². The summed E-state index contributed by atoms with van der Waals surface area (Å²) in [5.74, 6) is 2.06. The monoisotopic (exact) mass is 333 g/mol. The second-order valence-corrected chi connectivity index (χ2v) is 6.64. The van der Waals surface area contributed by atoms with Crippen LogP contribution in [-0.4, -0.2) is 23.4 Å². The normalized spacial score (nSPS) is 12.8. The first-order valence-electron chi connectivity index (χ1n) is 8.71. The summed E-state index contributed by atoms with van der Waals surface area (Å²) in [7, 11) is 1.72. The highest BCUT2D eigenvalue weighted by Gasteiger charge is 2.24. The molecule has 0 aliphatic carbocycles. The minimum atomic E-state index is 0.784. The Labute approximate surface area is 148 Å². The summed E-state index contributed by atoms with van der Waals surface area (Å²) in [5, 5.41) is 8.47. The van der Waals surface area contributed by atoms with Crippen molar-refractivity contribution >= 4 is 5.82 Å². The molecule has 3 aromatic rings. The van der Waals surface area contributed by atoms with Crippen LogP contribution in [0.15, 0.2) is 42.5 Å². The van der Waals surface area contributed by atoms with Crippen molar-refractivity contribution in [2.24, 2.45) is 0 Å². The van der Waals surface area contributed by atoms with Gasteiger partial charge in [-0.2, -0.15) is 5.10 Å². The van der Waals surface area contributed by atoms with Gasteiger partial charge in [0.05, 0.1) is 18.5 Å². The molecule has 0 fully saturated rings. The molecule has 0 bridgehead atoms. The maximum Gasteiger partial charge on any atom is 0.133 e. The Kier molecular flexibility index (Phi) is 3.96. The number of aromatic nitrogens is 2. The molecule has 4 nitrogen and oxygen atoms in total. The van der Waals surface area contributed by atoms with Gasteiger partial charge in [-0.3, -0.25) is 0 Å². The lowest BCUT2D eigenvalue weighted by Gasteiger charge is -2.10. The second-order valence-electron chi connectivity index (χ2n) is 6.64. The first kappa shape index (κ1) is 15.8. The Morgan fingerprint density at radius 1 is 1.16 bits per heavy atom. The second kappa shape index (κ2) is 6.28. The van der Waals surface area contributed by atoms with Crippen molar-refractivity contribution in [3.05, 3.63) is 70.4 Å². The minimum absolute atomic E-state index is 0.784. The molecule has 0 spiro atoms. The lowest BCUT2D eigenvalue weighted by Crippen LogP contribution is -2.06. The molecular weight excluding hydrogens is 310 g/mol. The van der Waals surface area contributed by atoms with Crippen LogP contribution in [0.5, 0.6) is 5.75 Å². The first-order valence-corrected chi connectivity index (χ1v) is 8.71. The fraction of sp³-hybridized carbons (Fsp3) is 0.286. The van der Waals surface area contributed by atoms with E-state index in [2.05, 4.69) is 54.2 Å². The standard InChI is InChI=1S/C21H23N3O/c1-14-8-9-19(15(2)12-14)24-21-17(10-11-22-21)18(23-24)13-16-6-4-5-7-20(16)25-3/h4-9,12,22H,10-11,13H2,1-3H3. The lowest BCUT2D eigenvalue weighted by atomic mass is 10.0. The predicted octanol–water partition coefficient (Wildman–Crippen LogP) is 4.06. The number of ether oxygens (including phenoxy) is 1. The maximum atomic E-state index is 5.51. The van der Waals surface area contributed by atoms with Crippen molar-refractivity contribution < 1.29 is 4.74 Å². The zero-order valence-electron chi connectivity index (χ0n) is 15.0. The predicted molar refractivity (Wildman–Crippen MR) is 101 cm³/mol. The average Bonchev–Trinajstić information content (AvgIpc) is 3.20. The van der Waals surface area contributed by atoms with Crippen LogP contribution in [0.2, 0.25) is 0 Å². The summed E-state index contributed by atoms with van der Waals surface area (Å²) in [4.78, 5) is 0. The van der Waals surface area contributed by atoms with Gasteiger partial charge in [-0.1, -0.05) is 35.9 Å². The van der Waals surface area contributed by atoms with Crippen molar-refractivity contribution in [2.45, 2.75) is 26.7 Å². The van der Waals surface area contributed by atoms with Crippen LogP contribution in [0.1, 0.15) is 27.9 Å². The average molecular weight is 333 g/mol. The molecule has 4 rings (SSSR count). The van der Waals surface area contributed by atoms with Crippen LogP contribution in [-0.2, 0) is 12.8 Å². The third-order valence-electron chi connectivity index (χ3n) is 4.87. The molecule has 1 aliphatic rings. The van der Waals surface area contributed by atoms with Crippen molar-refractivity contribution in [1.29, 1.82) is 0 Å². The molecule has 0 atom stereocenters. The maximum absolute atomic E-state index is 5.51. The SMILES string of the molecule is COc1ccccc1Cc1nn(-c2ccc(C)cc2C)c2c1CCN2. The molecule has 1 aliphatic heterocycles. The number of hydrogen-bond donors (Lipinski definition) is 1. The largest absolute Gasteiger partial charge is 0.496 e. The molecule has 2 heterocycles. The Morgan fingerprint density at radius 3 is 2.80 bits per heavy atom. The van der Waals surface area contributed by atoms with Crippen LogP contribution >= 0.6 is 0 Å². The summed E-state index contributed by atoms with van der Waals surface area (Å²) < 4.78 is 7.58. The molecule has 1 N–H and O–H groups in total. The quantitative estimate of drug-likeness (QED) is 0.783. The molecule has 2 aromatic carbocycles. The molecule has 128 valence electrons. The van der Waals surface area contributed by atoms with Crippen LogP contribution < -0.4 is 10.1 Å². The zero-order chi connectivity index (χ0) is 17.4. The molecule has 1 aromatic heterocycles. The summed E-state index contributed by atoms with van der Waals surface area (Å²) in [6.45, 7) is 5.23. The van der Waals surface area contributed by atoms with E-state index in [1.165, 1.54) is 22.3 Å². The Morgan fingerprint density at radius 2 is 2.00 bits per heavy atom. The number of fused-ring (bicyclic) bond motifs is 1. The molecule has 0 amide bonds. The highest BCUT2D eigenvalue weighted by Crippen LogP contribution is 2.32. The van der Waals surface area contributed by atoms with Gasteiger partial charge in [0.2, 0.25) is 0 Å². The summed E-state index contributed by atoms with van der Waals surface area (Å²) in [6.07, 6.45) is 1.80. The van der Waals surface area contributed by atoms with E-state index >= 15 is 0 Å². The number of para-hydroxylation sites is 1. The number of anilines is 1. The molecule has 0 saturated carbocycles. The Balaban J connectivity index is 1.78.